The van der Waals surface area contributed by atoms with Crippen LogP contribution in [0.3, 0.4) is 0 Å². The van der Waals surface area contributed by atoms with Gasteiger partial charge in [-0.25, -0.2) is 0 Å². The highest BCUT2D eigenvalue weighted by Gasteiger charge is 2.10. The van der Waals surface area contributed by atoms with E-state index in [-0.39, 0.29) is 11.8 Å². The Morgan fingerprint density at radius 3 is 2.27 bits per heavy atom. The van der Waals surface area contributed by atoms with Crippen molar-refractivity contribution in [2.75, 3.05) is 7.05 Å². The molecule has 1 aromatic rings. The second kappa shape index (κ2) is 4.96. The number of hydrogen-bond acceptors (Lipinski definition) is 1. The normalized spacial score (nSPS) is 12.3. The molecule has 1 N–H and O–H groups in total. The van der Waals surface area contributed by atoms with Crippen LogP contribution in [0.4, 0.5) is 0 Å². The second-order valence-electron chi connectivity index (χ2n) is 4.20. The summed E-state index contributed by atoms with van der Waals surface area (Å²) < 4.78 is 0. The largest absolute Gasteiger partial charge is 0.359 e. The average Bonchev–Trinajstić information content (AvgIpc) is 2.16. The molecule has 82 valence electrons. The monoisotopic (exact) mass is 205 g/mol. The summed E-state index contributed by atoms with van der Waals surface area (Å²) >= 11 is 0. The lowest BCUT2D eigenvalue weighted by molar-refractivity contribution is -0.120. The van der Waals surface area contributed by atoms with E-state index in [0.29, 0.717) is 6.42 Å². The summed E-state index contributed by atoms with van der Waals surface area (Å²) in [4.78, 5) is 11.3. The summed E-state index contributed by atoms with van der Waals surface area (Å²) in [5.41, 5.74) is 3.76. The third kappa shape index (κ3) is 3.39. The lowest BCUT2D eigenvalue weighted by atomic mass is 9.94. The first kappa shape index (κ1) is 11.8. The first-order valence-electron chi connectivity index (χ1n) is 5.31. The molecule has 0 spiro atoms. The standard InChI is InChI=1S/C13H19NO/c1-9-5-10(2)7-12(6-9)11(3)8-13(15)14-4/h5-7,11H,8H2,1-4H3,(H,14,15). The molecule has 0 aliphatic heterocycles. The van der Waals surface area contributed by atoms with Crippen LogP contribution >= 0.6 is 0 Å². The zero-order chi connectivity index (χ0) is 11.4. The number of rotatable bonds is 3. The first-order valence-corrected chi connectivity index (χ1v) is 5.31. The molecular weight excluding hydrogens is 186 g/mol. The molecule has 0 fully saturated rings. The third-order valence-corrected chi connectivity index (χ3v) is 2.58. The highest BCUT2D eigenvalue weighted by molar-refractivity contribution is 5.76. The number of nitrogens with one attached hydrogen (secondary N) is 1. The van der Waals surface area contributed by atoms with Crippen molar-refractivity contribution >= 4 is 5.91 Å². The first-order chi connectivity index (χ1) is 7.02. The van der Waals surface area contributed by atoms with E-state index in [1.807, 2.05) is 0 Å². The molecule has 0 heterocycles. The fourth-order valence-electron chi connectivity index (χ4n) is 1.79. The molecule has 0 aliphatic carbocycles. The molecule has 0 saturated carbocycles. The fraction of sp³-hybridized carbons (Fsp3) is 0.462. The van der Waals surface area contributed by atoms with Gasteiger partial charge in [0.2, 0.25) is 5.91 Å². The maximum atomic E-state index is 11.3. The summed E-state index contributed by atoms with van der Waals surface area (Å²) in [5.74, 6) is 0.380. The molecule has 0 aliphatic rings. The summed E-state index contributed by atoms with van der Waals surface area (Å²) in [6.07, 6.45) is 0.555. The van der Waals surface area contributed by atoms with E-state index >= 15 is 0 Å². The minimum absolute atomic E-state index is 0.0988. The molecule has 1 amide bonds. The summed E-state index contributed by atoms with van der Waals surface area (Å²) in [6.45, 7) is 6.26. The van der Waals surface area contributed by atoms with E-state index < -0.39 is 0 Å². The number of benzene rings is 1. The molecule has 0 radical (unpaired) electrons. The minimum atomic E-state index is 0.0988. The Balaban J connectivity index is 2.81. The van der Waals surface area contributed by atoms with Gasteiger partial charge in [-0.15, -0.1) is 0 Å². The van der Waals surface area contributed by atoms with Crippen molar-refractivity contribution in [3.63, 3.8) is 0 Å². The van der Waals surface area contributed by atoms with Crippen LogP contribution < -0.4 is 5.32 Å². The molecule has 2 heteroatoms. The van der Waals surface area contributed by atoms with Crippen molar-refractivity contribution < 1.29 is 4.79 Å². The van der Waals surface area contributed by atoms with Crippen LogP contribution in [0, 0.1) is 13.8 Å². The van der Waals surface area contributed by atoms with Crippen LogP contribution in [0.2, 0.25) is 0 Å². The van der Waals surface area contributed by atoms with Crippen molar-refractivity contribution in [2.24, 2.45) is 0 Å². The second-order valence-corrected chi connectivity index (χ2v) is 4.20. The zero-order valence-electron chi connectivity index (χ0n) is 9.92. The predicted molar refractivity (Wildman–Crippen MR) is 63.0 cm³/mol. The van der Waals surface area contributed by atoms with Gasteiger partial charge in [-0.3, -0.25) is 4.79 Å². The van der Waals surface area contributed by atoms with Crippen molar-refractivity contribution in [2.45, 2.75) is 33.1 Å². The maximum absolute atomic E-state index is 11.3. The van der Waals surface area contributed by atoms with Crippen LogP contribution in [0.1, 0.15) is 36.0 Å². The Kier molecular flexibility index (Phi) is 3.89. The third-order valence-electron chi connectivity index (χ3n) is 2.58. The van der Waals surface area contributed by atoms with Crippen LogP contribution in [-0.2, 0) is 4.79 Å². The molecule has 15 heavy (non-hydrogen) atoms. The van der Waals surface area contributed by atoms with Gasteiger partial charge in [-0.1, -0.05) is 36.2 Å². The van der Waals surface area contributed by atoms with Crippen molar-refractivity contribution in [1.82, 2.24) is 5.32 Å². The van der Waals surface area contributed by atoms with E-state index in [2.05, 4.69) is 44.3 Å². The lowest BCUT2D eigenvalue weighted by Crippen LogP contribution is -2.19. The van der Waals surface area contributed by atoms with Crippen molar-refractivity contribution in [3.05, 3.63) is 34.9 Å². The van der Waals surface area contributed by atoms with Crippen LogP contribution in [0.15, 0.2) is 18.2 Å². The van der Waals surface area contributed by atoms with Gasteiger partial charge in [0, 0.05) is 13.5 Å². The molecule has 0 aromatic heterocycles. The Bertz CT molecular complexity index is 337. The summed E-state index contributed by atoms with van der Waals surface area (Å²) in [6, 6.07) is 6.46. The topological polar surface area (TPSA) is 29.1 Å². The lowest BCUT2D eigenvalue weighted by Gasteiger charge is -2.12. The van der Waals surface area contributed by atoms with Gasteiger partial charge in [-0.2, -0.15) is 0 Å². The predicted octanol–water partition coefficient (Wildman–Crippen LogP) is 2.54. The smallest absolute Gasteiger partial charge is 0.220 e. The SMILES string of the molecule is CNC(=O)CC(C)c1cc(C)cc(C)c1. The van der Waals surface area contributed by atoms with Crippen molar-refractivity contribution in [1.29, 1.82) is 0 Å². The Morgan fingerprint density at radius 2 is 1.80 bits per heavy atom. The Morgan fingerprint density at radius 1 is 1.27 bits per heavy atom. The summed E-state index contributed by atoms with van der Waals surface area (Å²) in [7, 11) is 1.68. The number of carbonyl (C=O) groups excluding carboxylic acids is 1. The highest BCUT2D eigenvalue weighted by Crippen LogP contribution is 2.21. The van der Waals surface area contributed by atoms with Gasteiger partial charge in [0.1, 0.15) is 0 Å². The van der Waals surface area contributed by atoms with E-state index in [0.717, 1.165) is 0 Å². The van der Waals surface area contributed by atoms with E-state index in [1.54, 1.807) is 7.05 Å². The molecule has 1 unspecified atom stereocenters. The fourth-order valence-corrected chi connectivity index (χ4v) is 1.79. The van der Waals surface area contributed by atoms with Crippen LogP contribution in [-0.4, -0.2) is 13.0 Å². The average molecular weight is 205 g/mol. The minimum Gasteiger partial charge on any atom is -0.359 e. The molecule has 2 nitrogen and oxygen atoms in total. The molecule has 1 atom stereocenters. The number of amides is 1. The van der Waals surface area contributed by atoms with Gasteiger partial charge in [-0.05, 0) is 25.3 Å². The quantitative estimate of drug-likeness (QED) is 0.807. The number of aryl methyl sites for hydroxylation is 2. The highest BCUT2D eigenvalue weighted by atomic mass is 16.1. The molecule has 0 saturated heterocycles. The maximum Gasteiger partial charge on any atom is 0.220 e. The van der Waals surface area contributed by atoms with Gasteiger partial charge in [0.15, 0.2) is 0 Å². The van der Waals surface area contributed by atoms with Crippen LogP contribution in [0.25, 0.3) is 0 Å². The molecule has 1 rings (SSSR count). The van der Waals surface area contributed by atoms with E-state index in [1.165, 1.54) is 16.7 Å². The number of hydrogen-bond donors (Lipinski definition) is 1. The van der Waals surface area contributed by atoms with Crippen LogP contribution in [0.5, 0.6) is 0 Å². The number of carbonyl (C=O) groups is 1. The van der Waals surface area contributed by atoms with Gasteiger partial charge in [0.05, 0.1) is 0 Å². The van der Waals surface area contributed by atoms with E-state index in [4.69, 9.17) is 0 Å². The molecular formula is C13H19NO. The van der Waals surface area contributed by atoms with E-state index in [9.17, 15) is 4.79 Å². The van der Waals surface area contributed by atoms with Gasteiger partial charge >= 0.3 is 0 Å². The summed E-state index contributed by atoms with van der Waals surface area (Å²) in [5, 5.41) is 2.66. The molecule has 0 bridgehead atoms. The van der Waals surface area contributed by atoms with Gasteiger partial charge < -0.3 is 5.32 Å². The Labute approximate surface area is 91.7 Å². The molecule has 1 aromatic carbocycles. The van der Waals surface area contributed by atoms with Gasteiger partial charge in [0.25, 0.3) is 0 Å². The van der Waals surface area contributed by atoms with Crippen molar-refractivity contribution in [3.8, 4) is 0 Å². The Hall–Kier alpha value is -1.31. The zero-order valence-corrected chi connectivity index (χ0v) is 9.92.